The molecule has 0 saturated carbocycles. The average Bonchev–Trinajstić information content (AvgIpc) is 2.41. The van der Waals surface area contributed by atoms with Gasteiger partial charge in [0.1, 0.15) is 0 Å². The van der Waals surface area contributed by atoms with Crippen molar-refractivity contribution in [1.82, 2.24) is 15.2 Å². The lowest BCUT2D eigenvalue weighted by molar-refractivity contribution is 0.0601. The van der Waals surface area contributed by atoms with E-state index in [4.69, 9.17) is 0 Å². The molecule has 0 unspecified atom stereocenters. The van der Waals surface area contributed by atoms with Crippen LogP contribution < -0.4 is 0 Å². The van der Waals surface area contributed by atoms with Gasteiger partial charge in [-0.3, -0.25) is 0 Å². The van der Waals surface area contributed by atoms with Crippen LogP contribution in [0.3, 0.4) is 0 Å². The number of rotatable bonds is 2. The number of hydrogen-bond acceptors (Lipinski definition) is 5. The molecule has 0 fully saturated rings. The minimum absolute atomic E-state index is 0.381. The monoisotopic (exact) mass is 243 g/mol. The lowest BCUT2D eigenvalue weighted by Gasteiger charge is -2.04. The molecular formula is C13H13N3O2. The number of carbonyl (C=O) groups is 1. The van der Waals surface area contributed by atoms with E-state index in [0.717, 1.165) is 17.0 Å². The lowest BCUT2D eigenvalue weighted by Crippen LogP contribution is -2.02. The van der Waals surface area contributed by atoms with Crippen LogP contribution in [0.1, 0.15) is 21.7 Å². The molecule has 0 aliphatic heterocycles. The van der Waals surface area contributed by atoms with Gasteiger partial charge in [-0.15, -0.1) is 5.10 Å². The Labute approximate surface area is 105 Å². The summed E-state index contributed by atoms with van der Waals surface area (Å²) in [6.45, 7) is 3.72. The molecule has 0 aliphatic rings. The molecule has 5 heteroatoms. The number of aromatic nitrogens is 3. The van der Waals surface area contributed by atoms with E-state index in [9.17, 15) is 4.79 Å². The first-order valence-corrected chi connectivity index (χ1v) is 5.48. The van der Waals surface area contributed by atoms with Gasteiger partial charge < -0.3 is 4.74 Å². The summed E-state index contributed by atoms with van der Waals surface area (Å²) >= 11 is 0. The van der Waals surface area contributed by atoms with E-state index < -0.39 is 0 Å². The number of ether oxygens (including phenoxy) is 1. The maximum Gasteiger partial charge on any atom is 0.337 e. The van der Waals surface area contributed by atoms with E-state index in [-0.39, 0.29) is 5.97 Å². The van der Waals surface area contributed by atoms with Crippen molar-refractivity contribution >= 4 is 5.97 Å². The fraction of sp³-hybridized carbons (Fsp3) is 0.231. The molecule has 1 heterocycles. The highest BCUT2D eigenvalue weighted by molar-refractivity contribution is 5.90. The summed E-state index contributed by atoms with van der Waals surface area (Å²) in [6, 6.07) is 6.97. The molecule has 0 saturated heterocycles. The quantitative estimate of drug-likeness (QED) is 0.754. The second-order valence-electron chi connectivity index (χ2n) is 3.88. The molecule has 0 radical (unpaired) electrons. The van der Waals surface area contributed by atoms with Crippen LogP contribution >= 0.6 is 0 Å². The van der Waals surface area contributed by atoms with Crippen LogP contribution in [0.2, 0.25) is 0 Å². The molecule has 0 bridgehead atoms. The smallest absolute Gasteiger partial charge is 0.337 e. The molecule has 0 amide bonds. The molecule has 18 heavy (non-hydrogen) atoms. The summed E-state index contributed by atoms with van der Waals surface area (Å²) in [7, 11) is 1.35. The Bertz CT molecular complexity index is 597. The first kappa shape index (κ1) is 12.2. The zero-order valence-corrected chi connectivity index (χ0v) is 10.5. The van der Waals surface area contributed by atoms with E-state index in [1.165, 1.54) is 7.11 Å². The average molecular weight is 243 g/mol. The Hall–Kier alpha value is -2.30. The normalized spacial score (nSPS) is 10.2. The highest BCUT2D eigenvalue weighted by atomic mass is 16.5. The van der Waals surface area contributed by atoms with E-state index in [2.05, 4.69) is 19.9 Å². The Morgan fingerprint density at radius 3 is 2.61 bits per heavy atom. The molecule has 0 aliphatic carbocycles. The zero-order valence-electron chi connectivity index (χ0n) is 10.5. The van der Waals surface area contributed by atoms with Crippen molar-refractivity contribution in [1.29, 1.82) is 0 Å². The second kappa shape index (κ2) is 4.91. The summed E-state index contributed by atoms with van der Waals surface area (Å²) in [5.74, 6) is 0.123. The minimum Gasteiger partial charge on any atom is -0.465 e. The van der Waals surface area contributed by atoms with Crippen molar-refractivity contribution in [3.8, 4) is 11.4 Å². The topological polar surface area (TPSA) is 65.0 Å². The van der Waals surface area contributed by atoms with Crippen molar-refractivity contribution < 1.29 is 9.53 Å². The minimum atomic E-state index is -0.381. The third kappa shape index (κ3) is 2.34. The molecular weight excluding hydrogens is 230 g/mol. The second-order valence-corrected chi connectivity index (χ2v) is 3.88. The Morgan fingerprint density at radius 2 is 1.94 bits per heavy atom. The van der Waals surface area contributed by atoms with Gasteiger partial charge in [0.25, 0.3) is 0 Å². The van der Waals surface area contributed by atoms with Crippen LogP contribution in [0, 0.1) is 13.8 Å². The van der Waals surface area contributed by atoms with Crippen LogP contribution in [0.5, 0.6) is 0 Å². The molecule has 0 atom stereocenters. The zero-order chi connectivity index (χ0) is 13.1. The van der Waals surface area contributed by atoms with Crippen LogP contribution in [0.4, 0.5) is 0 Å². The summed E-state index contributed by atoms with van der Waals surface area (Å²) < 4.78 is 4.67. The van der Waals surface area contributed by atoms with Crippen molar-refractivity contribution in [2.45, 2.75) is 13.8 Å². The molecule has 2 aromatic rings. The first-order valence-electron chi connectivity index (χ1n) is 5.48. The van der Waals surface area contributed by atoms with Gasteiger partial charge >= 0.3 is 5.97 Å². The third-order valence-corrected chi connectivity index (χ3v) is 2.63. The number of hydrogen-bond donors (Lipinski definition) is 0. The molecule has 1 aromatic carbocycles. The van der Waals surface area contributed by atoms with Gasteiger partial charge in [-0.1, -0.05) is 12.1 Å². The fourth-order valence-electron chi connectivity index (χ4n) is 1.48. The van der Waals surface area contributed by atoms with E-state index in [1.807, 2.05) is 19.9 Å². The van der Waals surface area contributed by atoms with Crippen molar-refractivity contribution in [2.24, 2.45) is 0 Å². The van der Waals surface area contributed by atoms with Crippen LogP contribution in [-0.2, 0) is 4.74 Å². The van der Waals surface area contributed by atoms with Gasteiger partial charge in [0.05, 0.1) is 24.1 Å². The number of nitrogens with zero attached hydrogens (tertiary/aromatic N) is 3. The van der Waals surface area contributed by atoms with E-state index in [0.29, 0.717) is 11.4 Å². The lowest BCUT2D eigenvalue weighted by atomic mass is 10.1. The maximum atomic E-state index is 11.4. The van der Waals surface area contributed by atoms with Crippen molar-refractivity contribution in [2.75, 3.05) is 7.11 Å². The molecule has 0 spiro atoms. The van der Waals surface area contributed by atoms with Crippen LogP contribution in [0.15, 0.2) is 24.3 Å². The third-order valence-electron chi connectivity index (χ3n) is 2.63. The molecule has 2 rings (SSSR count). The first-order chi connectivity index (χ1) is 8.61. The van der Waals surface area contributed by atoms with Crippen molar-refractivity contribution in [3.63, 3.8) is 0 Å². The predicted molar refractivity (Wildman–Crippen MR) is 66.1 cm³/mol. The Balaban J connectivity index is 2.44. The van der Waals surface area contributed by atoms with Crippen LogP contribution in [0.25, 0.3) is 11.4 Å². The van der Waals surface area contributed by atoms with Crippen LogP contribution in [-0.4, -0.2) is 28.3 Å². The largest absolute Gasteiger partial charge is 0.465 e. The van der Waals surface area contributed by atoms with Gasteiger partial charge in [0.15, 0.2) is 5.82 Å². The summed E-state index contributed by atoms with van der Waals surface area (Å²) in [5, 5.41) is 8.04. The number of esters is 1. The predicted octanol–water partition coefficient (Wildman–Crippen LogP) is 1.94. The number of methoxy groups -OCH3 is 1. The molecule has 92 valence electrons. The van der Waals surface area contributed by atoms with Gasteiger partial charge in [-0.25, -0.2) is 9.78 Å². The highest BCUT2D eigenvalue weighted by Crippen LogP contribution is 2.17. The van der Waals surface area contributed by atoms with E-state index >= 15 is 0 Å². The van der Waals surface area contributed by atoms with Gasteiger partial charge in [0.2, 0.25) is 0 Å². The van der Waals surface area contributed by atoms with Gasteiger partial charge in [0, 0.05) is 5.56 Å². The maximum absolute atomic E-state index is 11.4. The summed E-state index contributed by atoms with van der Waals surface area (Å²) in [5.41, 5.74) is 2.83. The number of carbonyl (C=O) groups excluding carboxylic acids is 1. The fourth-order valence-corrected chi connectivity index (χ4v) is 1.48. The molecule has 0 N–H and O–H groups in total. The SMILES string of the molecule is COC(=O)c1cccc(-c2nnc(C)c(C)n2)c1. The highest BCUT2D eigenvalue weighted by Gasteiger charge is 2.09. The number of benzene rings is 1. The van der Waals surface area contributed by atoms with E-state index in [1.54, 1.807) is 18.2 Å². The van der Waals surface area contributed by atoms with Crippen molar-refractivity contribution in [3.05, 3.63) is 41.2 Å². The molecule has 1 aromatic heterocycles. The van der Waals surface area contributed by atoms with Gasteiger partial charge in [-0.2, -0.15) is 5.10 Å². The Morgan fingerprint density at radius 1 is 1.17 bits per heavy atom. The number of aryl methyl sites for hydroxylation is 2. The molecule has 5 nitrogen and oxygen atoms in total. The Kier molecular flexibility index (Phi) is 3.32. The summed E-state index contributed by atoms with van der Waals surface area (Å²) in [4.78, 5) is 15.8. The van der Waals surface area contributed by atoms with Gasteiger partial charge in [-0.05, 0) is 26.0 Å². The summed E-state index contributed by atoms with van der Waals surface area (Å²) in [6.07, 6.45) is 0. The standard InChI is InChI=1S/C13H13N3O2/c1-8-9(2)15-16-12(14-8)10-5-4-6-11(7-10)13(17)18-3/h4-7H,1-3H3.